The molecule has 0 aliphatic rings. The number of nitrogens with one attached hydrogen (secondary N) is 1. The van der Waals surface area contributed by atoms with Crippen LogP contribution in [0.3, 0.4) is 0 Å². The Morgan fingerprint density at radius 3 is 2.37 bits per heavy atom. The Hall–Kier alpha value is -2.76. The molecule has 0 bridgehead atoms. The molecule has 5 nitrogen and oxygen atoms in total. The number of likely N-dealkylation sites (N-methyl/N-ethyl adjacent to an activating group) is 1. The molecule has 0 atom stereocenters. The highest BCUT2D eigenvalue weighted by Crippen LogP contribution is 2.34. The van der Waals surface area contributed by atoms with Crippen LogP contribution in [0.25, 0.3) is 11.3 Å². The molecule has 3 rings (SSSR count). The van der Waals surface area contributed by atoms with E-state index in [2.05, 4.69) is 5.32 Å². The highest BCUT2D eigenvalue weighted by atomic mass is 35.5. The van der Waals surface area contributed by atoms with E-state index in [4.69, 9.17) is 27.6 Å². The molecule has 0 aliphatic carbocycles. The zero-order chi connectivity index (χ0) is 22.0. The predicted octanol–water partition coefficient (Wildman–Crippen LogP) is 5.89. The average Bonchev–Trinajstić information content (AvgIpc) is 3.16. The first kappa shape index (κ1) is 21.9. The van der Waals surface area contributed by atoms with Crippen molar-refractivity contribution >= 4 is 40.7 Å². The summed E-state index contributed by atoms with van der Waals surface area (Å²) in [5.41, 5.74) is 4.44. The summed E-state index contributed by atoms with van der Waals surface area (Å²) in [7, 11) is 1.55. The summed E-state index contributed by atoms with van der Waals surface area (Å²) in [6.07, 6.45) is 0. The Labute approximate surface area is 185 Å². The van der Waals surface area contributed by atoms with Crippen molar-refractivity contribution < 1.29 is 14.0 Å². The number of benzene rings is 2. The third-order valence-corrected chi connectivity index (χ3v) is 5.52. The lowest BCUT2D eigenvalue weighted by molar-refractivity contribution is -0.116. The number of halogens is 2. The summed E-state index contributed by atoms with van der Waals surface area (Å²) in [5.74, 6) is -0.161. The van der Waals surface area contributed by atoms with Crippen molar-refractivity contribution in [2.75, 3.05) is 18.9 Å². The fraction of sp³-hybridized carbons (Fsp3) is 0.217. The average molecular weight is 445 g/mol. The highest BCUT2D eigenvalue weighted by molar-refractivity contribution is 6.43. The molecule has 0 saturated carbocycles. The third kappa shape index (κ3) is 4.69. The van der Waals surface area contributed by atoms with Gasteiger partial charge in [0.1, 0.15) is 5.76 Å². The Morgan fingerprint density at radius 2 is 1.70 bits per heavy atom. The smallest absolute Gasteiger partial charge is 0.289 e. The largest absolute Gasteiger partial charge is 0.451 e. The summed E-state index contributed by atoms with van der Waals surface area (Å²) < 4.78 is 5.67. The number of rotatable bonds is 5. The maximum absolute atomic E-state index is 12.7. The number of carbonyl (C=O) groups is 2. The first-order valence-corrected chi connectivity index (χ1v) is 10.1. The van der Waals surface area contributed by atoms with E-state index in [1.807, 2.05) is 32.9 Å². The zero-order valence-electron chi connectivity index (χ0n) is 17.2. The number of anilines is 1. The minimum Gasteiger partial charge on any atom is -0.451 e. The van der Waals surface area contributed by atoms with Crippen molar-refractivity contribution in [3.8, 4) is 11.3 Å². The highest BCUT2D eigenvalue weighted by Gasteiger charge is 2.20. The summed E-state index contributed by atoms with van der Waals surface area (Å²) in [4.78, 5) is 26.5. The maximum atomic E-state index is 12.7. The van der Waals surface area contributed by atoms with Gasteiger partial charge < -0.3 is 14.6 Å². The lowest BCUT2D eigenvalue weighted by Gasteiger charge is -2.17. The van der Waals surface area contributed by atoms with Gasteiger partial charge in [-0.2, -0.15) is 0 Å². The fourth-order valence-electron chi connectivity index (χ4n) is 3.32. The molecule has 1 aromatic heterocycles. The third-order valence-electron chi connectivity index (χ3n) is 4.70. The van der Waals surface area contributed by atoms with E-state index < -0.39 is 5.91 Å². The maximum Gasteiger partial charge on any atom is 0.289 e. The molecule has 2 aromatic carbocycles. The standard InChI is InChI=1S/C23H22Cl2N2O3/c1-13-10-14(2)22(15(3)11-13)26-20(28)12-27(4)23(29)19-9-8-18(30-19)16-6-5-7-17(24)21(16)25/h5-11H,12H2,1-4H3,(H,26,28). The Balaban J connectivity index is 1.70. The van der Waals surface area contributed by atoms with E-state index in [0.29, 0.717) is 21.4 Å². The van der Waals surface area contributed by atoms with Gasteiger partial charge in [0.05, 0.1) is 16.6 Å². The number of carbonyl (C=O) groups excluding carboxylic acids is 2. The van der Waals surface area contributed by atoms with E-state index in [1.54, 1.807) is 37.4 Å². The minimum atomic E-state index is -0.410. The molecule has 3 aromatic rings. The molecular formula is C23H22Cl2N2O3. The van der Waals surface area contributed by atoms with Crippen LogP contribution in [-0.2, 0) is 4.79 Å². The monoisotopic (exact) mass is 444 g/mol. The number of furan rings is 1. The molecule has 156 valence electrons. The number of amides is 2. The van der Waals surface area contributed by atoms with E-state index in [0.717, 1.165) is 22.4 Å². The van der Waals surface area contributed by atoms with Gasteiger partial charge in [0.25, 0.3) is 5.91 Å². The van der Waals surface area contributed by atoms with Crippen LogP contribution in [0, 0.1) is 20.8 Å². The molecule has 0 unspecified atom stereocenters. The van der Waals surface area contributed by atoms with Crippen molar-refractivity contribution in [2.45, 2.75) is 20.8 Å². The summed E-state index contributed by atoms with van der Waals surface area (Å²) in [5, 5.41) is 3.64. The van der Waals surface area contributed by atoms with Crippen LogP contribution in [0.2, 0.25) is 10.0 Å². The van der Waals surface area contributed by atoms with Gasteiger partial charge in [-0.05, 0) is 56.2 Å². The molecule has 0 radical (unpaired) electrons. The first-order chi connectivity index (χ1) is 14.2. The number of aryl methyl sites for hydroxylation is 3. The number of hydrogen-bond acceptors (Lipinski definition) is 3. The molecule has 1 N–H and O–H groups in total. The van der Waals surface area contributed by atoms with Crippen molar-refractivity contribution in [1.29, 1.82) is 0 Å². The minimum absolute atomic E-state index is 0.110. The molecule has 0 fully saturated rings. The van der Waals surface area contributed by atoms with E-state index in [-0.39, 0.29) is 18.2 Å². The van der Waals surface area contributed by atoms with E-state index in [9.17, 15) is 9.59 Å². The fourth-order valence-corrected chi connectivity index (χ4v) is 3.72. The second-order valence-corrected chi connectivity index (χ2v) is 8.03. The topological polar surface area (TPSA) is 62.6 Å². The normalized spacial score (nSPS) is 10.7. The first-order valence-electron chi connectivity index (χ1n) is 9.34. The molecule has 0 aliphatic heterocycles. The zero-order valence-corrected chi connectivity index (χ0v) is 18.7. The van der Waals surface area contributed by atoms with Crippen LogP contribution in [-0.4, -0.2) is 30.3 Å². The molecular weight excluding hydrogens is 423 g/mol. The van der Waals surface area contributed by atoms with Crippen molar-refractivity contribution in [1.82, 2.24) is 4.90 Å². The molecule has 30 heavy (non-hydrogen) atoms. The molecule has 0 spiro atoms. The van der Waals surface area contributed by atoms with Crippen LogP contribution in [0.15, 0.2) is 46.9 Å². The van der Waals surface area contributed by atoms with Gasteiger partial charge in [-0.1, -0.05) is 47.0 Å². The van der Waals surface area contributed by atoms with Gasteiger partial charge in [-0.3, -0.25) is 9.59 Å². The summed E-state index contributed by atoms with van der Waals surface area (Å²) >= 11 is 12.3. The van der Waals surface area contributed by atoms with Crippen LogP contribution in [0.5, 0.6) is 0 Å². The van der Waals surface area contributed by atoms with E-state index >= 15 is 0 Å². The lowest BCUT2D eigenvalue weighted by Crippen LogP contribution is -2.35. The second-order valence-electron chi connectivity index (χ2n) is 7.25. The van der Waals surface area contributed by atoms with Gasteiger partial charge in [0, 0.05) is 18.3 Å². The summed E-state index contributed by atoms with van der Waals surface area (Å²) in [6, 6.07) is 12.4. The van der Waals surface area contributed by atoms with Crippen LogP contribution in [0.1, 0.15) is 27.2 Å². The Bertz CT molecular complexity index is 1100. The van der Waals surface area contributed by atoms with Crippen molar-refractivity contribution in [2.24, 2.45) is 0 Å². The molecule has 0 saturated heterocycles. The Morgan fingerprint density at radius 1 is 1.03 bits per heavy atom. The number of nitrogens with zero attached hydrogens (tertiary/aromatic N) is 1. The lowest BCUT2D eigenvalue weighted by atomic mass is 10.1. The van der Waals surface area contributed by atoms with Gasteiger partial charge in [-0.15, -0.1) is 0 Å². The van der Waals surface area contributed by atoms with Gasteiger partial charge in [0.2, 0.25) is 5.91 Å². The van der Waals surface area contributed by atoms with Gasteiger partial charge in [0.15, 0.2) is 5.76 Å². The number of hydrogen-bond donors (Lipinski definition) is 1. The molecule has 2 amide bonds. The molecule has 1 heterocycles. The van der Waals surface area contributed by atoms with Gasteiger partial charge in [-0.25, -0.2) is 0 Å². The van der Waals surface area contributed by atoms with Crippen molar-refractivity contribution in [3.63, 3.8) is 0 Å². The Kier molecular flexibility index (Phi) is 6.54. The SMILES string of the molecule is Cc1cc(C)c(NC(=O)CN(C)C(=O)c2ccc(-c3cccc(Cl)c3Cl)o2)c(C)c1. The quantitative estimate of drug-likeness (QED) is 0.533. The van der Waals surface area contributed by atoms with Crippen LogP contribution < -0.4 is 5.32 Å². The van der Waals surface area contributed by atoms with Crippen molar-refractivity contribution in [3.05, 3.63) is 75.0 Å². The molecule has 7 heteroatoms. The van der Waals surface area contributed by atoms with Crippen LogP contribution in [0.4, 0.5) is 5.69 Å². The summed E-state index contributed by atoms with van der Waals surface area (Å²) in [6.45, 7) is 5.78. The predicted molar refractivity (Wildman–Crippen MR) is 120 cm³/mol. The van der Waals surface area contributed by atoms with Crippen LogP contribution >= 0.6 is 23.2 Å². The van der Waals surface area contributed by atoms with Gasteiger partial charge >= 0.3 is 0 Å². The van der Waals surface area contributed by atoms with E-state index in [1.165, 1.54) is 4.90 Å². The second kappa shape index (κ2) is 8.94.